The molecule has 0 amide bonds. The molecule has 0 aliphatic rings. The topological polar surface area (TPSA) is 26.0 Å². The van der Waals surface area contributed by atoms with Crippen LogP contribution in [0.15, 0.2) is 0 Å². The van der Waals surface area contributed by atoms with E-state index in [9.17, 15) is 0 Å². The summed E-state index contributed by atoms with van der Waals surface area (Å²) in [6.45, 7) is 4.44. The van der Waals surface area contributed by atoms with Gasteiger partial charge in [-0.05, 0) is 12.8 Å². The number of halogens is 1. The number of rotatable bonds is 7. The fourth-order valence-electron chi connectivity index (χ4n) is 1.35. The first-order valence-corrected chi connectivity index (χ1v) is 5.06. The minimum absolute atomic E-state index is 0. The highest BCUT2D eigenvalue weighted by Gasteiger charge is 1.99. The Hall–Kier alpha value is 0.250. The van der Waals surface area contributed by atoms with Gasteiger partial charge in [0.2, 0.25) is 0 Å². The maximum absolute atomic E-state index is 5.87. The minimum atomic E-state index is 0. The molecular weight excluding hydrogens is 170 g/mol. The second-order valence-corrected chi connectivity index (χ2v) is 3.40. The van der Waals surface area contributed by atoms with Crippen molar-refractivity contribution in [3.8, 4) is 0 Å². The summed E-state index contributed by atoms with van der Waals surface area (Å²) in [6, 6.07) is 0.469. The second-order valence-electron chi connectivity index (χ2n) is 3.40. The Morgan fingerprint density at radius 1 is 0.917 bits per heavy atom. The van der Waals surface area contributed by atoms with Crippen LogP contribution in [0.2, 0.25) is 0 Å². The average molecular weight is 194 g/mol. The van der Waals surface area contributed by atoms with E-state index in [1.807, 2.05) is 0 Å². The van der Waals surface area contributed by atoms with Crippen LogP contribution < -0.4 is 5.73 Å². The van der Waals surface area contributed by atoms with Crippen molar-refractivity contribution in [1.82, 2.24) is 0 Å². The second kappa shape index (κ2) is 11.2. The van der Waals surface area contributed by atoms with E-state index in [0.717, 1.165) is 0 Å². The van der Waals surface area contributed by atoms with Crippen LogP contribution in [0.3, 0.4) is 0 Å². The van der Waals surface area contributed by atoms with E-state index < -0.39 is 0 Å². The molecule has 0 fully saturated rings. The molecule has 76 valence electrons. The molecule has 1 unspecified atom stereocenters. The normalized spacial score (nSPS) is 12.2. The summed E-state index contributed by atoms with van der Waals surface area (Å²) in [5.74, 6) is 0. The van der Waals surface area contributed by atoms with Gasteiger partial charge in [-0.1, -0.05) is 46.0 Å². The van der Waals surface area contributed by atoms with Crippen LogP contribution >= 0.6 is 12.4 Å². The molecule has 0 spiro atoms. The summed E-state index contributed by atoms with van der Waals surface area (Å²) >= 11 is 0. The molecule has 12 heavy (non-hydrogen) atoms. The number of hydrogen-bond donors (Lipinski definition) is 1. The molecule has 0 aliphatic carbocycles. The van der Waals surface area contributed by atoms with E-state index in [1.165, 1.54) is 44.9 Å². The van der Waals surface area contributed by atoms with Gasteiger partial charge in [0.1, 0.15) is 0 Å². The lowest BCUT2D eigenvalue weighted by atomic mass is 10.0. The molecule has 2 N–H and O–H groups in total. The molecule has 0 saturated carbocycles. The third-order valence-corrected chi connectivity index (χ3v) is 2.09. The van der Waals surface area contributed by atoms with Crippen molar-refractivity contribution in [3.05, 3.63) is 0 Å². The summed E-state index contributed by atoms with van der Waals surface area (Å²) in [5, 5.41) is 0. The third-order valence-electron chi connectivity index (χ3n) is 2.09. The van der Waals surface area contributed by atoms with Crippen LogP contribution in [0, 0.1) is 0 Å². The van der Waals surface area contributed by atoms with Gasteiger partial charge < -0.3 is 5.73 Å². The standard InChI is InChI=1S/C10H23N.ClH/c1-3-5-6-7-9-10(11)8-4-2;/h10H,3-9,11H2,1-2H3;1H. The van der Waals surface area contributed by atoms with Crippen LogP contribution in [0.4, 0.5) is 0 Å². The first kappa shape index (κ1) is 14.8. The van der Waals surface area contributed by atoms with Gasteiger partial charge in [-0.15, -0.1) is 12.4 Å². The van der Waals surface area contributed by atoms with Crippen molar-refractivity contribution < 1.29 is 0 Å². The van der Waals surface area contributed by atoms with Crippen LogP contribution in [0.25, 0.3) is 0 Å². The van der Waals surface area contributed by atoms with E-state index in [0.29, 0.717) is 6.04 Å². The van der Waals surface area contributed by atoms with E-state index in [1.54, 1.807) is 0 Å². The van der Waals surface area contributed by atoms with Gasteiger partial charge in [0.15, 0.2) is 0 Å². The fraction of sp³-hybridized carbons (Fsp3) is 1.00. The minimum Gasteiger partial charge on any atom is -0.328 e. The Morgan fingerprint density at radius 2 is 1.58 bits per heavy atom. The number of hydrogen-bond acceptors (Lipinski definition) is 1. The summed E-state index contributed by atoms with van der Waals surface area (Å²) in [6.07, 6.45) is 9.06. The lowest BCUT2D eigenvalue weighted by Gasteiger charge is -2.08. The smallest absolute Gasteiger partial charge is 0.00387 e. The van der Waals surface area contributed by atoms with Crippen molar-refractivity contribution in [2.75, 3.05) is 0 Å². The average Bonchev–Trinajstić information content (AvgIpc) is 1.99. The zero-order valence-electron chi connectivity index (χ0n) is 8.51. The molecule has 0 heterocycles. The summed E-state index contributed by atoms with van der Waals surface area (Å²) < 4.78 is 0. The van der Waals surface area contributed by atoms with Crippen molar-refractivity contribution >= 4 is 12.4 Å². The van der Waals surface area contributed by atoms with E-state index in [2.05, 4.69) is 13.8 Å². The molecule has 0 aliphatic heterocycles. The van der Waals surface area contributed by atoms with Crippen molar-refractivity contribution in [2.45, 2.75) is 64.8 Å². The Morgan fingerprint density at radius 3 is 2.08 bits per heavy atom. The maximum atomic E-state index is 5.87. The van der Waals surface area contributed by atoms with Gasteiger partial charge in [-0.3, -0.25) is 0 Å². The van der Waals surface area contributed by atoms with Crippen LogP contribution in [0.5, 0.6) is 0 Å². The molecule has 0 aromatic carbocycles. The fourth-order valence-corrected chi connectivity index (χ4v) is 1.35. The Bertz CT molecular complexity index is 76.2. The molecule has 0 bridgehead atoms. The number of nitrogens with two attached hydrogens (primary N) is 1. The molecule has 0 radical (unpaired) electrons. The molecule has 0 aromatic rings. The van der Waals surface area contributed by atoms with E-state index in [4.69, 9.17) is 5.73 Å². The lowest BCUT2D eigenvalue weighted by Crippen LogP contribution is -2.18. The Balaban J connectivity index is 0. The number of unbranched alkanes of at least 4 members (excludes halogenated alkanes) is 3. The van der Waals surface area contributed by atoms with Crippen molar-refractivity contribution in [1.29, 1.82) is 0 Å². The predicted octanol–water partition coefficient (Wildman–Crippen LogP) is 3.51. The first-order valence-electron chi connectivity index (χ1n) is 5.06. The monoisotopic (exact) mass is 193 g/mol. The highest BCUT2D eigenvalue weighted by Crippen LogP contribution is 2.07. The largest absolute Gasteiger partial charge is 0.328 e. The summed E-state index contributed by atoms with van der Waals surface area (Å²) in [4.78, 5) is 0. The Labute approximate surface area is 83.5 Å². The van der Waals surface area contributed by atoms with Crippen molar-refractivity contribution in [2.24, 2.45) is 5.73 Å². The van der Waals surface area contributed by atoms with Crippen LogP contribution in [-0.4, -0.2) is 6.04 Å². The third kappa shape index (κ3) is 10.2. The quantitative estimate of drug-likeness (QED) is 0.616. The molecule has 0 aromatic heterocycles. The lowest BCUT2D eigenvalue weighted by molar-refractivity contribution is 0.517. The Kier molecular flexibility index (Phi) is 13.8. The van der Waals surface area contributed by atoms with Gasteiger partial charge in [-0.2, -0.15) is 0 Å². The van der Waals surface area contributed by atoms with Gasteiger partial charge in [0, 0.05) is 6.04 Å². The maximum Gasteiger partial charge on any atom is 0.00387 e. The van der Waals surface area contributed by atoms with E-state index in [-0.39, 0.29) is 12.4 Å². The molecule has 1 nitrogen and oxygen atoms in total. The molecule has 2 heteroatoms. The summed E-state index contributed by atoms with van der Waals surface area (Å²) in [5.41, 5.74) is 5.87. The molecular formula is C10H24ClN. The van der Waals surface area contributed by atoms with Crippen LogP contribution in [-0.2, 0) is 0 Å². The van der Waals surface area contributed by atoms with Gasteiger partial charge in [0.25, 0.3) is 0 Å². The zero-order valence-corrected chi connectivity index (χ0v) is 9.33. The first-order chi connectivity index (χ1) is 5.31. The molecule has 0 saturated heterocycles. The van der Waals surface area contributed by atoms with E-state index >= 15 is 0 Å². The van der Waals surface area contributed by atoms with Gasteiger partial charge in [0.05, 0.1) is 0 Å². The van der Waals surface area contributed by atoms with Crippen LogP contribution in [0.1, 0.15) is 58.8 Å². The predicted molar refractivity (Wildman–Crippen MR) is 58.9 cm³/mol. The zero-order chi connectivity index (χ0) is 8.53. The highest BCUT2D eigenvalue weighted by molar-refractivity contribution is 5.85. The molecule has 1 atom stereocenters. The SMILES string of the molecule is CCCCCCC(N)CCC.Cl. The van der Waals surface area contributed by atoms with Crippen molar-refractivity contribution in [3.63, 3.8) is 0 Å². The molecule has 0 rings (SSSR count). The highest BCUT2D eigenvalue weighted by atomic mass is 35.5. The van der Waals surface area contributed by atoms with Gasteiger partial charge >= 0.3 is 0 Å². The summed E-state index contributed by atoms with van der Waals surface area (Å²) in [7, 11) is 0. The van der Waals surface area contributed by atoms with Gasteiger partial charge in [-0.25, -0.2) is 0 Å².